The molecule has 0 aliphatic rings. The van der Waals surface area contributed by atoms with Gasteiger partial charge in [0.2, 0.25) is 0 Å². The fourth-order valence-corrected chi connectivity index (χ4v) is 2.31. The number of ether oxygens (including phenoxy) is 1. The van der Waals surface area contributed by atoms with Crippen molar-refractivity contribution in [3.63, 3.8) is 0 Å². The second-order valence-electron chi connectivity index (χ2n) is 3.70. The van der Waals surface area contributed by atoms with Crippen LogP contribution in [0.2, 0.25) is 0 Å². The highest BCUT2D eigenvalue weighted by molar-refractivity contribution is 8.00. The van der Waals surface area contributed by atoms with Crippen molar-refractivity contribution in [2.45, 2.75) is 18.2 Å². The molecule has 0 saturated heterocycles. The number of carbonyl (C=O) groups is 1. The summed E-state index contributed by atoms with van der Waals surface area (Å²) in [7, 11) is 1.29. The highest BCUT2D eigenvalue weighted by Gasteiger charge is 2.20. The Morgan fingerprint density at radius 3 is 2.84 bits per heavy atom. The lowest BCUT2D eigenvalue weighted by atomic mass is 10.2. The minimum atomic E-state index is -0.433. The Bertz CT molecular complexity index is 465. The molecule has 0 aliphatic heterocycles. The van der Waals surface area contributed by atoms with Crippen LogP contribution >= 0.6 is 11.8 Å². The summed E-state index contributed by atoms with van der Waals surface area (Å²) in [5, 5.41) is 14.2. The fourth-order valence-electron chi connectivity index (χ4n) is 1.43. The van der Waals surface area contributed by atoms with E-state index in [1.807, 2.05) is 6.92 Å². The van der Waals surface area contributed by atoms with Gasteiger partial charge in [0, 0.05) is 6.54 Å². The van der Waals surface area contributed by atoms with E-state index in [4.69, 9.17) is 0 Å². The average Bonchev–Trinajstić information content (AvgIpc) is 2.41. The lowest BCUT2D eigenvalue weighted by Crippen LogP contribution is -2.06. The smallest absolute Gasteiger partial charge is 0.315 e. The van der Waals surface area contributed by atoms with E-state index in [1.165, 1.54) is 7.11 Å². The number of nitro groups is 1. The third-order valence-electron chi connectivity index (χ3n) is 2.32. The fraction of sp³-hybridized carbons (Fsp3) is 0.417. The Kier molecular flexibility index (Phi) is 6.14. The maximum atomic E-state index is 11.2. The van der Waals surface area contributed by atoms with E-state index >= 15 is 0 Å². The summed E-state index contributed by atoms with van der Waals surface area (Å²) >= 11 is 1.10. The van der Waals surface area contributed by atoms with Crippen LogP contribution in [0.5, 0.6) is 0 Å². The minimum Gasteiger partial charge on any atom is -0.468 e. The van der Waals surface area contributed by atoms with Crippen molar-refractivity contribution in [1.29, 1.82) is 0 Å². The first-order chi connectivity index (χ1) is 9.10. The summed E-state index contributed by atoms with van der Waals surface area (Å²) in [5.41, 5.74) is 0.478. The molecule has 1 rings (SSSR count). The summed E-state index contributed by atoms with van der Waals surface area (Å²) < 4.78 is 4.52. The van der Waals surface area contributed by atoms with Gasteiger partial charge in [-0.1, -0.05) is 13.0 Å². The summed E-state index contributed by atoms with van der Waals surface area (Å²) in [5.74, 6) is -0.361. The standard InChI is InChI=1S/C12H16N2O4S/c1-3-7-13-9-5-4-6-10(12(9)14(16)17)19-8-11(15)18-2/h4-6,13H,3,7-8H2,1-2H3. The third kappa shape index (κ3) is 4.44. The number of benzene rings is 1. The van der Waals surface area contributed by atoms with E-state index in [0.717, 1.165) is 18.2 Å². The number of nitrogens with zero attached hydrogens (tertiary/aromatic N) is 1. The van der Waals surface area contributed by atoms with Gasteiger partial charge in [-0.3, -0.25) is 14.9 Å². The van der Waals surface area contributed by atoms with E-state index in [-0.39, 0.29) is 11.4 Å². The van der Waals surface area contributed by atoms with Crippen molar-refractivity contribution in [1.82, 2.24) is 0 Å². The molecule has 6 nitrogen and oxygen atoms in total. The number of rotatable bonds is 7. The second-order valence-corrected chi connectivity index (χ2v) is 4.72. The second kappa shape index (κ2) is 7.63. The third-order valence-corrected chi connectivity index (χ3v) is 3.34. The number of hydrogen-bond donors (Lipinski definition) is 1. The van der Waals surface area contributed by atoms with Crippen LogP contribution in [0, 0.1) is 10.1 Å². The number of nitro benzene ring substituents is 1. The first-order valence-electron chi connectivity index (χ1n) is 5.81. The summed E-state index contributed by atoms with van der Waals surface area (Å²) in [4.78, 5) is 22.3. The van der Waals surface area contributed by atoms with E-state index < -0.39 is 10.9 Å². The largest absolute Gasteiger partial charge is 0.468 e. The van der Waals surface area contributed by atoms with Gasteiger partial charge < -0.3 is 10.1 Å². The average molecular weight is 284 g/mol. The van der Waals surface area contributed by atoms with Gasteiger partial charge in [0.25, 0.3) is 0 Å². The zero-order valence-corrected chi connectivity index (χ0v) is 11.7. The van der Waals surface area contributed by atoms with Gasteiger partial charge in [0.05, 0.1) is 22.7 Å². The number of hydrogen-bond acceptors (Lipinski definition) is 6. The summed E-state index contributed by atoms with van der Waals surface area (Å²) in [6, 6.07) is 5.02. The van der Waals surface area contributed by atoms with Crippen molar-refractivity contribution in [3.8, 4) is 0 Å². The first kappa shape index (κ1) is 15.3. The minimum absolute atomic E-state index is 0.00449. The quantitative estimate of drug-likeness (QED) is 0.359. The maximum absolute atomic E-state index is 11.2. The molecule has 7 heteroatoms. The molecule has 19 heavy (non-hydrogen) atoms. The monoisotopic (exact) mass is 284 g/mol. The predicted octanol–water partition coefficient (Wildman–Crippen LogP) is 2.68. The van der Waals surface area contributed by atoms with E-state index in [1.54, 1.807) is 18.2 Å². The SMILES string of the molecule is CCCNc1cccc(SCC(=O)OC)c1[N+](=O)[O-]. The molecule has 0 atom stereocenters. The van der Waals surface area contributed by atoms with Crippen molar-refractivity contribution >= 4 is 29.1 Å². The molecule has 0 fully saturated rings. The first-order valence-corrected chi connectivity index (χ1v) is 6.79. The number of methoxy groups -OCH3 is 1. The molecule has 0 amide bonds. The molecular formula is C12H16N2O4S. The van der Waals surface area contributed by atoms with Crippen LogP contribution in [0.1, 0.15) is 13.3 Å². The van der Waals surface area contributed by atoms with Crippen molar-refractivity contribution in [2.75, 3.05) is 24.7 Å². The van der Waals surface area contributed by atoms with Gasteiger partial charge in [-0.25, -0.2) is 0 Å². The van der Waals surface area contributed by atoms with Gasteiger partial charge in [-0.15, -0.1) is 11.8 Å². The lowest BCUT2D eigenvalue weighted by Gasteiger charge is -2.08. The van der Waals surface area contributed by atoms with E-state index in [2.05, 4.69) is 10.1 Å². The Balaban J connectivity index is 2.95. The van der Waals surface area contributed by atoms with Gasteiger partial charge in [0.1, 0.15) is 5.69 Å². The zero-order chi connectivity index (χ0) is 14.3. The van der Waals surface area contributed by atoms with Crippen molar-refractivity contribution in [3.05, 3.63) is 28.3 Å². The molecule has 104 valence electrons. The normalized spacial score (nSPS) is 10.0. The lowest BCUT2D eigenvalue weighted by molar-refractivity contribution is -0.386. The number of carbonyl (C=O) groups excluding carboxylic acids is 1. The highest BCUT2D eigenvalue weighted by Crippen LogP contribution is 2.35. The highest BCUT2D eigenvalue weighted by atomic mass is 32.2. The molecule has 0 unspecified atom stereocenters. The molecular weight excluding hydrogens is 268 g/mol. The molecule has 0 radical (unpaired) electrons. The van der Waals surface area contributed by atoms with E-state index in [0.29, 0.717) is 17.1 Å². The predicted molar refractivity (Wildman–Crippen MR) is 74.6 cm³/mol. The van der Waals surface area contributed by atoms with Gasteiger partial charge in [-0.05, 0) is 18.6 Å². The molecule has 0 spiro atoms. The molecule has 1 aromatic carbocycles. The van der Waals surface area contributed by atoms with Crippen LogP contribution in [0.3, 0.4) is 0 Å². The molecule has 0 aromatic heterocycles. The number of anilines is 1. The molecule has 0 aliphatic carbocycles. The van der Waals surface area contributed by atoms with Crippen molar-refractivity contribution < 1.29 is 14.5 Å². The van der Waals surface area contributed by atoms with Gasteiger partial charge in [-0.2, -0.15) is 0 Å². The Morgan fingerprint density at radius 1 is 1.53 bits per heavy atom. The zero-order valence-electron chi connectivity index (χ0n) is 10.8. The van der Waals surface area contributed by atoms with Gasteiger partial charge in [0.15, 0.2) is 0 Å². The summed E-state index contributed by atoms with van der Waals surface area (Å²) in [6.45, 7) is 2.64. The van der Waals surface area contributed by atoms with Crippen LogP contribution in [0.25, 0.3) is 0 Å². The number of esters is 1. The Labute approximate surface area is 115 Å². The molecule has 0 bridgehead atoms. The van der Waals surface area contributed by atoms with Gasteiger partial charge >= 0.3 is 11.7 Å². The van der Waals surface area contributed by atoms with Crippen molar-refractivity contribution in [2.24, 2.45) is 0 Å². The molecule has 0 saturated carbocycles. The topological polar surface area (TPSA) is 81.5 Å². The Hall–Kier alpha value is -1.76. The number of nitrogens with one attached hydrogen (secondary N) is 1. The molecule has 0 heterocycles. The molecule has 1 aromatic rings. The van der Waals surface area contributed by atoms with Crippen LogP contribution in [0.15, 0.2) is 23.1 Å². The number of thioether (sulfide) groups is 1. The van der Waals surface area contributed by atoms with Crippen LogP contribution in [-0.2, 0) is 9.53 Å². The summed E-state index contributed by atoms with van der Waals surface area (Å²) in [6.07, 6.45) is 0.872. The van der Waals surface area contributed by atoms with Crippen LogP contribution in [0.4, 0.5) is 11.4 Å². The van der Waals surface area contributed by atoms with E-state index in [9.17, 15) is 14.9 Å². The maximum Gasteiger partial charge on any atom is 0.315 e. The van der Waals surface area contributed by atoms with Crippen LogP contribution < -0.4 is 5.32 Å². The number of para-hydroxylation sites is 1. The Morgan fingerprint density at radius 2 is 2.26 bits per heavy atom. The molecule has 1 N–H and O–H groups in total. The van der Waals surface area contributed by atoms with Crippen LogP contribution in [-0.4, -0.2) is 30.3 Å².